The number of hydrogen-bond donors (Lipinski definition) is 4. The quantitative estimate of drug-likeness (QED) is 0.180. The molecule has 0 aliphatic heterocycles. The van der Waals surface area contributed by atoms with Crippen LogP contribution < -0.4 is 10.6 Å². The van der Waals surface area contributed by atoms with Gasteiger partial charge in [-0.2, -0.15) is 0 Å². The van der Waals surface area contributed by atoms with E-state index in [1.807, 2.05) is 44.2 Å². The van der Waals surface area contributed by atoms with Crippen molar-refractivity contribution in [2.75, 3.05) is 13.6 Å². The highest BCUT2D eigenvalue weighted by molar-refractivity contribution is 6.29. The lowest BCUT2D eigenvalue weighted by atomic mass is 9.82. The van der Waals surface area contributed by atoms with E-state index in [4.69, 9.17) is 18.0 Å². The van der Waals surface area contributed by atoms with Crippen molar-refractivity contribution in [3.05, 3.63) is 53.6 Å². The van der Waals surface area contributed by atoms with Crippen molar-refractivity contribution in [3.8, 4) is 12.3 Å². The number of carbonyl (C=O) groups is 3. The zero-order valence-corrected chi connectivity index (χ0v) is 28.8. The van der Waals surface area contributed by atoms with E-state index in [0.29, 0.717) is 43.4 Å². The average Bonchev–Trinajstić information content (AvgIpc) is 3.47. The van der Waals surface area contributed by atoms with Crippen LogP contribution in [0.15, 0.2) is 42.9 Å². The summed E-state index contributed by atoms with van der Waals surface area (Å²) in [5, 5.41) is 26.7. The summed E-state index contributed by atoms with van der Waals surface area (Å²) in [6.45, 7) is 4.84. The summed E-state index contributed by atoms with van der Waals surface area (Å²) >= 11 is 5.90. The first-order valence-electron chi connectivity index (χ1n) is 16.9. The molecule has 5 N–H and O–H groups in total. The molecule has 3 rings (SSSR count). The number of likely N-dealkylation sites (N-methyl/N-ethyl adjacent to an activating group) is 1. The predicted molar refractivity (Wildman–Crippen MR) is 182 cm³/mol. The smallest absolute Gasteiger partial charge is 0.334 e. The van der Waals surface area contributed by atoms with Gasteiger partial charge < -0.3 is 25.0 Å². The van der Waals surface area contributed by atoms with E-state index in [0.717, 1.165) is 31.2 Å². The van der Waals surface area contributed by atoms with Crippen LogP contribution in [0.3, 0.4) is 0 Å². The summed E-state index contributed by atoms with van der Waals surface area (Å²) in [7, 11) is 1.68. The zero-order valence-electron chi connectivity index (χ0n) is 28.1. The predicted octanol–water partition coefficient (Wildman–Crippen LogP) is 2.95. The van der Waals surface area contributed by atoms with Gasteiger partial charge in [-0.25, -0.2) is 9.78 Å². The number of nitrogens with zero attached hydrogens (tertiary/aromatic N) is 3. The van der Waals surface area contributed by atoms with Crippen LogP contribution in [0.1, 0.15) is 77.2 Å². The number of hydrogen-bond acceptors (Lipinski definition) is 6. The first-order chi connectivity index (χ1) is 22.5. The minimum atomic E-state index is -1.11. The Morgan fingerprint density at radius 1 is 1.17 bits per heavy atom. The van der Waals surface area contributed by atoms with Crippen molar-refractivity contribution in [2.45, 2.75) is 109 Å². The van der Waals surface area contributed by atoms with Crippen LogP contribution in [0.4, 0.5) is 0 Å². The van der Waals surface area contributed by atoms with Gasteiger partial charge in [0.05, 0.1) is 18.3 Å². The van der Waals surface area contributed by atoms with Gasteiger partial charge in [0, 0.05) is 45.6 Å². The molecule has 2 aromatic rings. The van der Waals surface area contributed by atoms with Crippen molar-refractivity contribution >= 4 is 29.3 Å². The second kappa shape index (κ2) is 19.6. The number of nitrogens with one attached hydrogen (secondary N) is 1. The van der Waals surface area contributed by atoms with E-state index >= 15 is 0 Å². The second-order valence-electron chi connectivity index (χ2n) is 13.5. The van der Waals surface area contributed by atoms with Crippen molar-refractivity contribution in [1.29, 1.82) is 0 Å². The number of rotatable bonds is 18. The van der Waals surface area contributed by atoms with E-state index in [1.165, 1.54) is 11.7 Å². The van der Waals surface area contributed by atoms with E-state index in [1.54, 1.807) is 29.0 Å². The minimum absolute atomic E-state index is 0.0404. The normalized spacial score (nSPS) is 16.9. The molecule has 1 aliphatic carbocycles. The molecule has 1 heterocycles. The molecule has 10 nitrogen and oxygen atoms in total. The van der Waals surface area contributed by atoms with E-state index in [2.05, 4.69) is 16.2 Å². The molecule has 258 valence electrons. The SMILES string of the molecule is C#CC[C@H](NC(=O)C(CC(=O)N(C)CCn1cnc(Cl)c1)Cc1ccccc1)C(=O)[NH2+]C(CC1CCCCC1)[C@@H](O)[C@@H](O)CC(C)C. The zero-order chi connectivity index (χ0) is 34.3. The number of imidazole rings is 1. The molecule has 0 bridgehead atoms. The molecule has 5 atom stereocenters. The number of quaternary nitrogens is 1. The average molecular weight is 671 g/mol. The van der Waals surface area contributed by atoms with Crippen molar-refractivity contribution in [2.24, 2.45) is 17.8 Å². The standard InChI is InChI=1S/C36H52ClN5O5/c1-5-12-29(36(47)40-30(21-27-15-10-7-11-16-27)34(45)31(43)19-25(2)3)39-35(46)28(20-26-13-8-6-9-14-26)22-33(44)41(4)17-18-42-23-32(37)38-24-42/h1,6,8-9,13-14,23-25,27-31,34,43,45H,7,10-12,15-22H2,2-4H3,(H,39,46)(H,40,47)/p+1/t28?,29-,30?,31-,34+/m0/s1. The molecule has 1 fully saturated rings. The van der Waals surface area contributed by atoms with Crippen LogP contribution in [0, 0.1) is 30.1 Å². The Hall–Kier alpha value is -3.23. The van der Waals surface area contributed by atoms with Gasteiger partial charge in [0.2, 0.25) is 11.8 Å². The van der Waals surface area contributed by atoms with Gasteiger partial charge in [-0.3, -0.25) is 14.9 Å². The summed E-state index contributed by atoms with van der Waals surface area (Å²) in [4.78, 5) is 46.4. The number of primary amides is 1. The molecular weight excluding hydrogens is 618 g/mol. The highest BCUT2D eigenvalue weighted by atomic mass is 35.5. The maximum absolute atomic E-state index is 13.8. The van der Waals surface area contributed by atoms with Gasteiger partial charge in [-0.05, 0) is 30.2 Å². The monoisotopic (exact) mass is 670 g/mol. The Morgan fingerprint density at radius 2 is 1.87 bits per heavy atom. The molecule has 0 spiro atoms. The number of carbonyl (C=O) groups excluding carboxylic acids is 3. The number of aliphatic hydroxyl groups is 2. The third-order valence-corrected chi connectivity index (χ3v) is 9.27. The summed E-state index contributed by atoms with van der Waals surface area (Å²) in [5.41, 5.74) is 0.886. The Balaban J connectivity index is 1.73. The van der Waals surface area contributed by atoms with Crippen LogP contribution in [0.2, 0.25) is 5.15 Å². The van der Waals surface area contributed by atoms with Crippen molar-refractivity contribution < 1.29 is 29.9 Å². The highest BCUT2D eigenvalue weighted by Crippen LogP contribution is 2.28. The number of benzene rings is 1. The maximum atomic E-state index is 13.8. The lowest BCUT2D eigenvalue weighted by Gasteiger charge is -2.30. The molecule has 1 aromatic carbocycles. The Morgan fingerprint density at radius 3 is 2.49 bits per heavy atom. The largest absolute Gasteiger partial charge is 0.390 e. The Labute approximate surface area is 284 Å². The van der Waals surface area contributed by atoms with Gasteiger partial charge in [-0.1, -0.05) is 87.9 Å². The van der Waals surface area contributed by atoms with Crippen molar-refractivity contribution in [3.63, 3.8) is 0 Å². The fraction of sp³-hybridized carbons (Fsp3) is 0.611. The fourth-order valence-corrected chi connectivity index (χ4v) is 6.52. The van der Waals surface area contributed by atoms with Gasteiger partial charge in [-0.15, -0.1) is 12.3 Å². The number of terminal acetylenes is 1. The molecule has 11 heteroatoms. The summed E-state index contributed by atoms with van der Waals surface area (Å²) in [6.07, 6.45) is 13.5. The maximum Gasteiger partial charge on any atom is 0.334 e. The molecule has 47 heavy (non-hydrogen) atoms. The Kier molecular flexibility index (Phi) is 15.9. The van der Waals surface area contributed by atoms with Gasteiger partial charge in [0.15, 0.2) is 6.04 Å². The fourth-order valence-electron chi connectivity index (χ4n) is 6.35. The molecule has 1 saturated carbocycles. The molecule has 3 amide bonds. The second-order valence-corrected chi connectivity index (χ2v) is 13.9. The third-order valence-electron chi connectivity index (χ3n) is 9.07. The van der Waals surface area contributed by atoms with E-state index in [-0.39, 0.29) is 24.7 Å². The van der Waals surface area contributed by atoms with Crippen LogP contribution in [-0.2, 0) is 27.3 Å². The van der Waals surface area contributed by atoms with E-state index < -0.39 is 42.0 Å². The molecule has 1 aliphatic rings. The van der Waals surface area contributed by atoms with Gasteiger partial charge >= 0.3 is 5.91 Å². The first-order valence-corrected chi connectivity index (χ1v) is 17.3. The number of nitrogens with two attached hydrogens (primary N) is 1. The third kappa shape index (κ3) is 13.1. The van der Waals surface area contributed by atoms with Gasteiger partial charge in [0.1, 0.15) is 17.3 Å². The first kappa shape index (κ1) is 38.2. The Bertz CT molecular complexity index is 1310. The van der Waals surface area contributed by atoms with Crippen LogP contribution in [0.5, 0.6) is 0 Å². The highest BCUT2D eigenvalue weighted by Gasteiger charge is 2.37. The van der Waals surface area contributed by atoms with Crippen LogP contribution in [0.25, 0.3) is 0 Å². The van der Waals surface area contributed by atoms with Gasteiger partial charge in [0.25, 0.3) is 0 Å². The van der Waals surface area contributed by atoms with E-state index in [9.17, 15) is 24.6 Å². The molecule has 0 radical (unpaired) electrons. The number of amides is 3. The topological polar surface area (TPSA) is 141 Å². The molecular formula is C36H53ClN5O5+. The van der Waals surface area contributed by atoms with Crippen LogP contribution >= 0.6 is 11.6 Å². The lowest BCUT2D eigenvalue weighted by molar-refractivity contribution is -0.620. The lowest BCUT2D eigenvalue weighted by Crippen LogP contribution is -2.98. The molecule has 1 aromatic heterocycles. The number of halogens is 1. The number of aromatic nitrogens is 2. The molecule has 2 unspecified atom stereocenters. The van der Waals surface area contributed by atoms with Crippen molar-refractivity contribution in [1.82, 2.24) is 19.8 Å². The summed E-state index contributed by atoms with van der Waals surface area (Å²) in [5.74, 6) is 1.23. The summed E-state index contributed by atoms with van der Waals surface area (Å²) in [6, 6.07) is 7.83. The van der Waals surface area contributed by atoms with Crippen LogP contribution in [-0.4, -0.2) is 80.3 Å². The minimum Gasteiger partial charge on any atom is -0.390 e. The number of aliphatic hydroxyl groups excluding tert-OH is 2. The molecule has 0 saturated heterocycles. The summed E-state index contributed by atoms with van der Waals surface area (Å²) < 4.78 is 1.78.